The van der Waals surface area contributed by atoms with Crippen molar-refractivity contribution in [3.8, 4) is 0 Å². The van der Waals surface area contributed by atoms with Gasteiger partial charge in [0.05, 0.1) is 6.10 Å². The zero-order chi connectivity index (χ0) is 16.9. The Morgan fingerprint density at radius 2 is 2.08 bits per heavy atom. The fraction of sp³-hybridized carbons (Fsp3) is 0.450. The average Bonchev–Trinajstić information content (AvgIpc) is 3.05. The van der Waals surface area contributed by atoms with E-state index in [1.165, 1.54) is 12.5 Å². The molecule has 2 aliphatic rings. The van der Waals surface area contributed by atoms with Crippen molar-refractivity contribution >= 4 is 11.6 Å². The predicted molar refractivity (Wildman–Crippen MR) is 96.9 cm³/mol. The molecule has 3 atom stereocenters. The highest BCUT2D eigenvalue weighted by molar-refractivity contribution is 5.88. The summed E-state index contributed by atoms with van der Waals surface area (Å²) in [6, 6.07) is 8.53. The van der Waals surface area contributed by atoms with Gasteiger partial charge in [0.2, 0.25) is 5.91 Å². The number of hydrogen-bond acceptors (Lipinski definition) is 3. The molecule has 1 saturated heterocycles. The zero-order valence-electron chi connectivity index (χ0n) is 14.2. The minimum Gasteiger partial charge on any atom is -0.387 e. The summed E-state index contributed by atoms with van der Waals surface area (Å²) in [7, 11) is 0. The van der Waals surface area contributed by atoms with E-state index in [0.29, 0.717) is 6.04 Å². The number of carbonyl (C=O) groups is 1. The van der Waals surface area contributed by atoms with E-state index in [-0.39, 0.29) is 11.9 Å². The second-order valence-electron chi connectivity index (χ2n) is 6.76. The fourth-order valence-electron chi connectivity index (χ4n) is 3.56. The second-order valence-corrected chi connectivity index (χ2v) is 6.76. The molecule has 4 nitrogen and oxygen atoms in total. The van der Waals surface area contributed by atoms with Crippen LogP contribution in [0.15, 0.2) is 48.1 Å². The SMILES string of the molecule is CC(=O)Nc1ccc(C[C@@H]2CC[C@H]([C@H](O)C3=CCCC=C3)N2)cc1. The van der Waals surface area contributed by atoms with Gasteiger partial charge < -0.3 is 15.7 Å². The molecule has 0 bridgehead atoms. The molecule has 1 aromatic carbocycles. The van der Waals surface area contributed by atoms with Crippen LogP contribution in [0.5, 0.6) is 0 Å². The van der Waals surface area contributed by atoms with Crippen molar-refractivity contribution in [1.29, 1.82) is 0 Å². The number of amides is 1. The summed E-state index contributed by atoms with van der Waals surface area (Å²) >= 11 is 0. The molecule has 4 heteroatoms. The van der Waals surface area contributed by atoms with Crippen LogP contribution in [0.3, 0.4) is 0 Å². The molecule has 1 heterocycles. The number of rotatable bonds is 5. The number of aliphatic hydroxyl groups is 1. The van der Waals surface area contributed by atoms with Crippen LogP contribution in [0.4, 0.5) is 5.69 Å². The van der Waals surface area contributed by atoms with Crippen molar-refractivity contribution in [3.05, 3.63) is 53.6 Å². The van der Waals surface area contributed by atoms with E-state index >= 15 is 0 Å². The molecule has 0 spiro atoms. The minimum atomic E-state index is -0.409. The van der Waals surface area contributed by atoms with Gasteiger partial charge in [0.25, 0.3) is 0 Å². The summed E-state index contributed by atoms with van der Waals surface area (Å²) in [5, 5.41) is 16.9. The number of allylic oxidation sites excluding steroid dienone is 2. The Labute approximate surface area is 143 Å². The molecular formula is C20H26N2O2. The van der Waals surface area contributed by atoms with E-state index < -0.39 is 6.10 Å². The Morgan fingerprint density at radius 3 is 2.75 bits per heavy atom. The van der Waals surface area contributed by atoms with Gasteiger partial charge in [0.15, 0.2) is 0 Å². The summed E-state index contributed by atoms with van der Waals surface area (Å²) in [5.74, 6) is -0.0527. The summed E-state index contributed by atoms with van der Waals surface area (Å²) in [6.07, 6.45) is 11.1. The molecule has 0 radical (unpaired) electrons. The van der Waals surface area contributed by atoms with E-state index in [1.54, 1.807) is 0 Å². The van der Waals surface area contributed by atoms with Crippen LogP contribution >= 0.6 is 0 Å². The third-order valence-corrected chi connectivity index (χ3v) is 4.78. The highest BCUT2D eigenvalue weighted by Crippen LogP contribution is 2.24. The number of anilines is 1. The van der Waals surface area contributed by atoms with Gasteiger partial charge in [-0.2, -0.15) is 0 Å². The van der Waals surface area contributed by atoms with Crippen LogP contribution in [0.25, 0.3) is 0 Å². The molecule has 1 amide bonds. The van der Waals surface area contributed by atoms with Gasteiger partial charge in [-0.3, -0.25) is 4.79 Å². The van der Waals surface area contributed by atoms with Crippen LogP contribution in [0.1, 0.15) is 38.2 Å². The first kappa shape index (κ1) is 16.9. The van der Waals surface area contributed by atoms with Crippen molar-refractivity contribution in [2.45, 2.75) is 57.2 Å². The normalized spacial score (nSPS) is 24.5. The van der Waals surface area contributed by atoms with E-state index in [4.69, 9.17) is 0 Å². The van der Waals surface area contributed by atoms with Gasteiger partial charge >= 0.3 is 0 Å². The molecule has 0 aromatic heterocycles. The van der Waals surface area contributed by atoms with Crippen LogP contribution in [0, 0.1) is 0 Å². The molecule has 0 saturated carbocycles. The number of aliphatic hydroxyl groups excluding tert-OH is 1. The Bertz CT molecular complexity index is 634. The van der Waals surface area contributed by atoms with E-state index in [0.717, 1.165) is 43.4 Å². The van der Waals surface area contributed by atoms with E-state index in [9.17, 15) is 9.90 Å². The smallest absolute Gasteiger partial charge is 0.221 e. The molecule has 1 aliphatic heterocycles. The first-order valence-corrected chi connectivity index (χ1v) is 8.79. The molecule has 3 rings (SSSR count). The second kappa shape index (κ2) is 7.77. The van der Waals surface area contributed by atoms with Crippen LogP contribution in [-0.2, 0) is 11.2 Å². The quantitative estimate of drug-likeness (QED) is 0.779. The Morgan fingerprint density at radius 1 is 1.29 bits per heavy atom. The summed E-state index contributed by atoms with van der Waals surface area (Å²) in [4.78, 5) is 11.1. The minimum absolute atomic E-state index is 0.0527. The third kappa shape index (κ3) is 4.34. The molecule has 1 aromatic rings. The first-order chi connectivity index (χ1) is 11.6. The largest absolute Gasteiger partial charge is 0.387 e. The number of benzene rings is 1. The number of hydrogen-bond donors (Lipinski definition) is 3. The van der Waals surface area contributed by atoms with Gasteiger partial charge in [-0.05, 0) is 55.4 Å². The van der Waals surface area contributed by atoms with E-state index in [2.05, 4.69) is 41.0 Å². The first-order valence-electron chi connectivity index (χ1n) is 8.79. The van der Waals surface area contributed by atoms with Crippen molar-refractivity contribution in [2.75, 3.05) is 5.32 Å². The molecule has 24 heavy (non-hydrogen) atoms. The highest BCUT2D eigenvalue weighted by Gasteiger charge is 2.30. The molecule has 3 N–H and O–H groups in total. The Kier molecular flexibility index (Phi) is 5.48. The lowest BCUT2D eigenvalue weighted by Gasteiger charge is -2.22. The lowest BCUT2D eigenvalue weighted by atomic mass is 9.96. The van der Waals surface area contributed by atoms with Gasteiger partial charge in [0, 0.05) is 24.7 Å². The summed E-state index contributed by atoms with van der Waals surface area (Å²) in [6.45, 7) is 1.51. The highest BCUT2D eigenvalue weighted by atomic mass is 16.3. The molecule has 1 aliphatic carbocycles. The Hall–Kier alpha value is -1.91. The maximum absolute atomic E-state index is 11.1. The molecule has 0 unspecified atom stereocenters. The third-order valence-electron chi connectivity index (χ3n) is 4.78. The predicted octanol–water partition coefficient (Wildman–Crippen LogP) is 2.95. The van der Waals surface area contributed by atoms with Crippen molar-refractivity contribution < 1.29 is 9.90 Å². The summed E-state index contributed by atoms with van der Waals surface area (Å²) in [5.41, 5.74) is 3.13. The lowest BCUT2D eigenvalue weighted by molar-refractivity contribution is -0.114. The molecule has 1 fully saturated rings. The van der Waals surface area contributed by atoms with Crippen LogP contribution < -0.4 is 10.6 Å². The van der Waals surface area contributed by atoms with Gasteiger partial charge in [-0.15, -0.1) is 0 Å². The number of nitrogens with one attached hydrogen (secondary N) is 2. The molecular weight excluding hydrogens is 300 g/mol. The van der Waals surface area contributed by atoms with E-state index in [1.807, 2.05) is 12.1 Å². The van der Waals surface area contributed by atoms with Crippen molar-refractivity contribution in [1.82, 2.24) is 5.32 Å². The fourth-order valence-corrected chi connectivity index (χ4v) is 3.56. The number of carbonyl (C=O) groups excluding carboxylic acids is 1. The van der Waals surface area contributed by atoms with Gasteiger partial charge in [-0.25, -0.2) is 0 Å². The summed E-state index contributed by atoms with van der Waals surface area (Å²) < 4.78 is 0. The average molecular weight is 326 g/mol. The van der Waals surface area contributed by atoms with Gasteiger partial charge in [0.1, 0.15) is 0 Å². The Balaban J connectivity index is 1.53. The van der Waals surface area contributed by atoms with Crippen molar-refractivity contribution in [3.63, 3.8) is 0 Å². The molecule has 128 valence electrons. The van der Waals surface area contributed by atoms with Crippen LogP contribution in [-0.4, -0.2) is 29.2 Å². The van der Waals surface area contributed by atoms with Crippen molar-refractivity contribution in [2.24, 2.45) is 0 Å². The topological polar surface area (TPSA) is 61.4 Å². The van der Waals surface area contributed by atoms with Gasteiger partial charge in [-0.1, -0.05) is 30.4 Å². The maximum Gasteiger partial charge on any atom is 0.221 e. The zero-order valence-corrected chi connectivity index (χ0v) is 14.2. The van der Waals surface area contributed by atoms with Crippen LogP contribution in [0.2, 0.25) is 0 Å². The standard InChI is InChI=1S/C20H26N2O2/c1-14(23)21-17-9-7-15(8-10-17)13-18-11-12-19(22-18)20(24)16-5-3-2-4-6-16/h3,5-10,18-20,22,24H,2,4,11-13H2,1H3,(H,21,23)/t18-,19+,20+/m0/s1. The lowest BCUT2D eigenvalue weighted by Crippen LogP contribution is -2.40. The maximum atomic E-state index is 11.1. The monoisotopic (exact) mass is 326 g/mol.